The van der Waals surface area contributed by atoms with Crippen LogP contribution in [0.3, 0.4) is 0 Å². The molecule has 1 aromatic carbocycles. The van der Waals surface area contributed by atoms with Crippen LogP contribution >= 0.6 is 0 Å². The van der Waals surface area contributed by atoms with E-state index in [9.17, 15) is 9.59 Å². The van der Waals surface area contributed by atoms with Crippen molar-refractivity contribution < 1.29 is 27.5 Å². The number of halogens is 2. The highest BCUT2D eigenvalue weighted by Crippen LogP contribution is 2.40. The molecular formula is C24H34F2N4O4Si. The largest absolute Gasteiger partial charge is 0.465 e. The summed E-state index contributed by atoms with van der Waals surface area (Å²) in [7, 11) is -1.15. The summed E-state index contributed by atoms with van der Waals surface area (Å²) in [6, 6.07) is 6.03. The molecule has 0 aliphatic carbocycles. The molecule has 11 heteroatoms. The van der Waals surface area contributed by atoms with Gasteiger partial charge in [0.15, 0.2) is 8.32 Å². The van der Waals surface area contributed by atoms with Crippen molar-refractivity contribution in [2.45, 2.75) is 64.3 Å². The van der Waals surface area contributed by atoms with Crippen LogP contribution in [-0.2, 0) is 21.6 Å². The van der Waals surface area contributed by atoms with Gasteiger partial charge >= 0.3 is 11.9 Å². The third-order valence-corrected chi connectivity index (χ3v) is 11.2. The van der Waals surface area contributed by atoms with E-state index in [0.717, 1.165) is 0 Å². The summed E-state index contributed by atoms with van der Waals surface area (Å²) in [5.74, 6) is -4.31. The number of alkyl halides is 2. The Bertz CT molecular complexity index is 1090. The van der Waals surface area contributed by atoms with E-state index in [1.54, 1.807) is 31.2 Å². The van der Waals surface area contributed by atoms with Crippen LogP contribution in [0.1, 0.15) is 65.7 Å². The van der Waals surface area contributed by atoms with E-state index in [0.29, 0.717) is 24.2 Å². The minimum Gasteiger partial charge on any atom is -0.465 e. The average molecular weight is 509 g/mol. The van der Waals surface area contributed by atoms with Crippen LogP contribution in [0.5, 0.6) is 0 Å². The standard InChI is InChI=1S/C24H34F2N4O4Si/c1-15(16-8-10-17(11-9-16)22(32)33-5)28-21(31)18-19(29-30-13-12-27-20(18)30)24(25,26)14-34-35(6,7)23(2,3)4/h8-11,15,27H,12-14H2,1-7H3,(H,28,31). The summed E-state index contributed by atoms with van der Waals surface area (Å²) in [4.78, 5) is 24.9. The van der Waals surface area contributed by atoms with Crippen molar-refractivity contribution in [3.63, 3.8) is 0 Å². The lowest BCUT2D eigenvalue weighted by atomic mass is 10.0. The first-order chi connectivity index (χ1) is 16.2. The van der Waals surface area contributed by atoms with Gasteiger partial charge in [-0.3, -0.25) is 4.79 Å². The minimum absolute atomic E-state index is 0.177. The van der Waals surface area contributed by atoms with Crippen LogP contribution in [0.2, 0.25) is 18.1 Å². The Labute approximate surface area is 205 Å². The van der Waals surface area contributed by atoms with Crippen molar-refractivity contribution in [1.82, 2.24) is 15.1 Å². The Morgan fingerprint density at radius 3 is 2.43 bits per heavy atom. The molecule has 3 rings (SSSR count). The topological polar surface area (TPSA) is 94.5 Å². The normalized spacial score (nSPS) is 14.8. The molecule has 1 unspecified atom stereocenters. The van der Waals surface area contributed by atoms with E-state index in [2.05, 4.69) is 15.7 Å². The second kappa shape index (κ2) is 9.69. The molecule has 0 radical (unpaired) electrons. The zero-order chi connectivity index (χ0) is 26.2. The smallest absolute Gasteiger partial charge is 0.337 e. The molecule has 1 amide bonds. The maximum Gasteiger partial charge on any atom is 0.337 e. The van der Waals surface area contributed by atoms with Crippen molar-refractivity contribution in [1.29, 1.82) is 0 Å². The number of nitrogens with one attached hydrogen (secondary N) is 2. The summed E-state index contributed by atoms with van der Waals surface area (Å²) in [5.41, 5.74) is 0.308. The SMILES string of the molecule is COC(=O)c1ccc(C(C)NC(=O)c2c(C(F)(F)CO[Si](C)(C)C(C)(C)C)nn3c2NCC3)cc1. The predicted molar refractivity (Wildman–Crippen MR) is 131 cm³/mol. The molecule has 1 aliphatic rings. The monoisotopic (exact) mass is 508 g/mol. The Kier molecular flexibility index (Phi) is 7.42. The number of carbonyl (C=O) groups is 2. The lowest BCUT2D eigenvalue weighted by Gasteiger charge is -2.37. The molecule has 0 spiro atoms. The first kappa shape index (κ1) is 26.8. The fourth-order valence-electron chi connectivity index (χ4n) is 3.49. The maximum atomic E-state index is 15.4. The Balaban J connectivity index is 1.84. The molecule has 0 saturated heterocycles. The molecule has 192 valence electrons. The molecule has 8 nitrogen and oxygen atoms in total. The van der Waals surface area contributed by atoms with Gasteiger partial charge < -0.3 is 19.8 Å². The number of carbonyl (C=O) groups excluding carboxylic acids is 2. The van der Waals surface area contributed by atoms with Gasteiger partial charge in [0.05, 0.1) is 25.3 Å². The summed E-state index contributed by atoms with van der Waals surface area (Å²) >= 11 is 0. The molecule has 0 saturated carbocycles. The van der Waals surface area contributed by atoms with Gasteiger partial charge in [0.1, 0.15) is 23.7 Å². The number of anilines is 1. The van der Waals surface area contributed by atoms with Crippen LogP contribution in [0, 0.1) is 0 Å². The number of fused-ring (bicyclic) bond motifs is 1. The Hall–Kier alpha value is -2.79. The van der Waals surface area contributed by atoms with Crippen LogP contribution in [0.4, 0.5) is 14.6 Å². The maximum absolute atomic E-state index is 15.4. The zero-order valence-electron chi connectivity index (χ0n) is 21.3. The molecule has 35 heavy (non-hydrogen) atoms. The van der Waals surface area contributed by atoms with Gasteiger partial charge in [0, 0.05) is 6.54 Å². The van der Waals surface area contributed by atoms with Gasteiger partial charge in [-0.1, -0.05) is 32.9 Å². The third kappa shape index (κ3) is 5.56. The summed E-state index contributed by atoms with van der Waals surface area (Å²) in [6.07, 6.45) is 0. The van der Waals surface area contributed by atoms with Crippen LogP contribution in [0.15, 0.2) is 24.3 Å². The second-order valence-electron chi connectivity index (χ2n) is 10.3. The number of esters is 1. The average Bonchev–Trinajstić information content (AvgIpc) is 3.38. The van der Waals surface area contributed by atoms with Crippen LogP contribution < -0.4 is 10.6 Å². The van der Waals surface area contributed by atoms with E-state index in [-0.39, 0.29) is 16.4 Å². The Morgan fingerprint density at radius 1 is 1.23 bits per heavy atom. The quantitative estimate of drug-likeness (QED) is 0.397. The molecule has 0 fully saturated rings. The van der Waals surface area contributed by atoms with Crippen LogP contribution in [0.25, 0.3) is 0 Å². The highest BCUT2D eigenvalue weighted by molar-refractivity contribution is 6.74. The first-order valence-corrected chi connectivity index (χ1v) is 14.4. The summed E-state index contributed by atoms with van der Waals surface area (Å²) in [6.45, 7) is 11.5. The number of rotatable bonds is 8. The van der Waals surface area contributed by atoms with Gasteiger partial charge in [-0.2, -0.15) is 13.9 Å². The molecule has 2 aromatic rings. The number of ether oxygens (including phenoxy) is 1. The van der Waals surface area contributed by atoms with Crippen molar-refractivity contribution in [2.75, 3.05) is 25.6 Å². The highest BCUT2D eigenvalue weighted by Gasteiger charge is 2.46. The van der Waals surface area contributed by atoms with E-state index in [1.807, 2.05) is 33.9 Å². The highest BCUT2D eigenvalue weighted by atomic mass is 28.4. The molecule has 2 heterocycles. The predicted octanol–water partition coefficient (Wildman–Crippen LogP) is 4.70. The number of hydrogen-bond acceptors (Lipinski definition) is 6. The summed E-state index contributed by atoms with van der Waals surface area (Å²) in [5, 5.41) is 9.64. The van der Waals surface area contributed by atoms with Gasteiger partial charge in [-0.15, -0.1) is 0 Å². The summed E-state index contributed by atoms with van der Waals surface area (Å²) < 4.78 is 42.8. The first-order valence-electron chi connectivity index (χ1n) is 11.5. The van der Waals surface area contributed by atoms with Crippen molar-refractivity contribution in [2.24, 2.45) is 0 Å². The van der Waals surface area contributed by atoms with Crippen molar-refractivity contribution in [3.05, 3.63) is 46.6 Å². The van der Waals surface area contributed by atoms with Gasteiger partial charge in [0.25, 0.3) is 5.91 Å². The van der Waals surface area contributed by atoms with Gasteiger partial charge in [-0.05, 0) is 42.8 Å². The number of nitrogens with zero attached hydrogens (tertiary/aromatic N) is 2. The molecule has 1 aliphatic heterocycles. The molecule has 1 aromatic heterocycles. The molecule has 1 atom stereocenters. The minimum atomic E-state index is -3.45. The number of amides is 1. The third-order valence-electron chi connectivity index (χ3n) is 6.74. The lowest BCUT2D eigenvalue weighted by Crippen LogP contribution is -2.43. The zero-order valence-corrected chi connectivity index (χ0v) is 22.3. The number of aromatic nitrogens is 2. The molecule has 0 bridgehead atoms. The lowest BCUT2D eigenvalue weighted by molar-refractivity contribution is -0.0554. The van der Waals surface area contributed by atoms with E-state index in [4.69, 9.17) is 9.16 Å². The molecular weight excluding hydrogens is 474 g/mol. The fraction of sp³-hybridized carbons (Fsp3) is 0.542. The van der Waals surface area contributed by atoms with Gasteiger partial charge in [0.2, 0.25) is 0 Å². The molecule has 2 N–H and O–H groups in total. The van der Waals surface area contributed by atoms with Crippen LogP contribution in [-0.4, -0.2) is 50.2 Å². The van der Waals surface area contributed by atoms with E-state index < -0.39 is 44.5 Å². The fourth-order valence-corrected chi connectivity index (χ4v) is 4.46. The number of methoxy groups -OCH3 is 1. The van der Waals surface area contributed by atoms with E-state index in [1.165, 1.54) is 11.8 Å². The number of hydrogen-bond donors (Lipinski definition) is 2. The van der Waals surface area contributed by atoms with E-state index >= 15 is 8.78 Å². The number of benzene rings is 1. The second-order valence-corrected chi connectivity index (χ2v) is 15.1. The van der Waals surface area contributed by atoms with Crippen molar-refractivity contribution >= 4 is 26.0 Å². The van der Waals surface area contributed by atoms with Crippen molar-refractivity contribution in [3.8, 4) is 0 Å². The van der Waals surface area contributed by atoms with Gasteiger partial charge in [-0.25, -0.2) is 9.48 Å². The Morgan fingerprint density at radius 2 is 1.86 bits per heavy atom.